The van der Waals surface area contributed by atoms with Gasteiger partial charge in [0.2, 0.25) is 0 Å². The van der Waals surface area contributed by atoms with Crippen LogP contribution in [0.1, 0.15) is 106 Å². The number of rotatable bonds is 6. The van der Waals surface area contributed by atoms with Gasteiger partial charge in [-0.3, -0.25) is 0 Å². The van der Waals surface area contributed by atoms with Gasteiger partial charge in [-0.15, -0.1) is 0 Å². The summed E-state index contributed by atoms with van der Waals surface area (Å²) < 4.78 is 10.6. The average Bonchev–Trinajstić information content (AvgIpc) is 2.73. The van der Waals surface area contributed by atoms with Crippen molar-refractivity contribution in [1.29, 1.82) is 0 Å². The summed E-state index contributed by atoms with van der Waals surface area (Å²) in [7, 11) is 0. The summed E-state index contributed by atoms with van der Waals surface area (Å²) in [5.41, 5.74) is 0.619. The van der Waals surface area contributed by atoms with Crippen molar-refractivity contribution in [2.45, 2.75) is 118 Å². The van der Waals surface area contributed by atoms with Gasteiger partial charge in [0.05, 0.1) is 0 Å². The van der Waals surface area contributed by atoms with Gasteiger partial charge in [0.1, 0.15) is 12.2 Å². The van der Waals surface area contributed by atoms with Gasteiger partial charge >= 0.3 is 12.3 Å². The van der Waals surface area contributed by atoms with E-state index in [9.17, 15) is 9.59 Å². The Hall–Kier alpha value is -1.46. The Balaban J connectivity index is 1.62. The lowest BCUT2D eigenvalue weighted by Gasteiger charge is -2.38. The minimum Gasteiger partial charge on any atom is -0.428 e. The van der Waals surface area contributed by atoms with Crippen molar-refractivity contribution in [3.8, 4) is 0 Å². The van der Waals surface area contributed by atoms with Gasteiger partial charge in [-0.1, -0.05) is 54.4 Å². The van der Waals surface area contributed by atoms with Gasteiger partial charge in [-0.05, 0) is 74.0 Å². The third-order valence-corrected chi connectivity index (χ3v) is 8.08. The highest BCUT2D eigenvalue weighted by Crippen LogP contribution is 2.42. The Morgan fingerprint density at radius 1 is 0.633 bits per heavy atom. The summed E-state index contributed by atoms with van der Waals surface area (Å²) in [6, 6.07) is 0. The van der Waals surface area contributed by atoms with Gasteiger partial charge in [0.15, 0.2) is 0 Å². The van der Waals surface area contributed by atoms with Crippen LogP contribution in [-0.4, -0.2) is 24.5 Å². The maximum Gasteiger partial charge on any atom is 0.550 e. The molecule has 0 aliphatic heterocycles. The zero-order chi connectivity index (χ0) is 22.4. The highest BCUT2D eigenvalue weighted by Gasteiger charge is 2.35. The first-order chi connectivity index (χ1) is 14.1. The van der Waals surface area contributed by atoms with E-state index < -0.39 is 12.3 Å². The summed E-state index contributed by atoms with van der Waals surface area (Å²) in [5, 5.41) is 0. The molecule has 0 bridgehead atoms. The van der Waals surface area contributed by atoms with Crippen molar-refractivity contribution in [3.63, 3.8) is 0 Å². The van der Waals surface area contributed by atoms with Crippen LogP contribution in [-0.2, 0) is 19.2 Å². The highest BCUT2D eigenvalue weighted by atomic mass is 17.3. The number of carbonyl (C=O) groups excluding carboxylic acids is 2. The molecule has 0 heterocycles. The molecule has 0 aromatic rings. The lowest BCUT2D eigenvalue weighted by Crippen LogP contribution is -2.32. The van der Waals surface area contributed by atoms with Crippen LogP contribution in [0.15, 0.2) is 0 Å². The molecule has 6 heteroatoms. The standard InChI is InChI=1S/C24H42O6/c1-7-23(3,4)17-9-13-19(14-10-17)27-21(25)29-30-22(26)28-20-15-11-18(12-16-20)24(5,6)8-2/h17-20H,7-16H2,1-6H3. The van der Waals surface area contributed by atoms with Crippen molar-refractivity contribution in [3.05, 3.63) is 0 Å². The van der Waals surface area contributed by atoms with Crippen LogP contribution in [0.3, 0.4) is 0 Å². The van der Waals surface area contributed by atoms with Crippen LogP contribution in [0.5, 0.6) is 0 Å². The summed E-state index contributed by atoms with van der Waals surface area (Å²) >= 11 is 0. The third kappa shape index (κ3) is 7.05. The van der Waals surface area contributed by atoms with E-state index in [2.05, 4.69) is 51.3 Å². The largest absolute Gasteiger partial charge is 0.550 e. The first-order valence-electron chi connectivity index (χ1n) is 11.8. The molecule has 0 N–H and O–H groups in total. The number of carbonyl (C=O) groups is 2. The average molecular weight is 427 g/mol. The van der Waals surface area contributed by atoms with Crippen molar-refractivity contribution >= 4 is 12.3 Å². The number of ether oxygens (including phenoxy) is 2. The maximum absolute atomic E-state index is 11.9. The van der Waals surface area contributed by atoms with E-state index in [-0.39, 0.29) is 12.2 Å². The van der Waals surface area contributed by atoms with Crippen LogP contribution in [0, 0.1) is 22.7 Å². The predicted octanol–water partition coefficient (Wildman–Crippen LogP) is 7.20. The molecule has 0 aromatic carbocycles. The highest BCUT2D eigenvalue weighted by molar-refractivity contribution is 5.63. The molecule has 2 aliphatic rings. The molecule has 2 rings (SSSR count). The van der Waals surface area contributed by atoms with E-state index in [1.165, 1.54) is 0 Å². The van der Waals surface area contributed by atoms with E-state index in [0.29, 0.717) is 22.7 Å². The third-order valence-electron chi connectivity index (χ3n) is 8.08. The molecular formula is C24H42O6. The van der Waals surface area contributed by atoms with Crippen LogP contribution < -0.4 is 0 Å². The monoisotopic (exact) mass is 426 g/mol. The summed E-state index contributed by atoms with van der Waals surface area (Å²) in [6.45, 7) is 13.6. The first kappa shape index (κ1) is 24.8. The molecule has 0 unspecified atom stereocenters. The van der Waals surface area contributed by atoms with Crippen molar-refractivity contribution in [2.75, 3.05) is 0 Å². The minimum atomic E-state index is -0.974. The Bertz CT molecular complexity index is 504. The summed E-state index contributed by atoms with van der Waals surface area (Å²) in [5.74, 6) is 1.28. The molecule has 30 heavy (non-hydrogen) atoms. The molecular weight excluding hydrogens is 384 g/mol. The zero-order valence-corrected chi connectivity index (χ0v) is 19.8. The second-order valence-electron chi connectivity index (χ2n) is 10.5. The number of hydrogen-bond donors (Lipinski definition) is 0. The molecule has 0 aromatic heterocycles. The predicted molar refractivity (Wildman–Crippen MR) is 115 cm³/mol. The minimum absolute atomic E-state index is 0.182. The molecule has 2 aliphatic carbocycles. The van der Waals surface area contributed by atoms with Gasteiger partial charge in [0.25, 0.3) is 0 Å². The quantitative estimate of drug-likeness (QED) is 0.254. The van der Waals surface area contributed by atoms with Gasteiger partial charge in [-0.2, -0.15) is 19.4 Å². The van der Waals surface area contributed by atoms with Gasteiger partial charge < -0.3 is 9.47 Å². The van der Waals surface area contributed by atoms with Crippen LogP contribution in [0.25, 0.3) is 0 Å². The molecule has 0 radical (unpaired) electrons. The maximum atomic E-state index is 11.9. The lowest BCUT2D eigenvalue weighted by molar-refractivity contribution is -0.227. The fraction of sp³-hybridized carbons (Fsp3) is 0.917. The topological polar surface area (TPSA) is 71.1 Å². The van der Waals surface area contributed by atoms with Crippen molar-refractivity contribution in [2.24, 2.45) is 22.7 Å². The first-order valence-corrected chi connectivity index (χ1v) is 11.8. The van der Waals surface area contributed by atoms with Gasteiger partial charge in [0, 0.05) is 0 Å². The van der Waals surface area contributed by atoms with Crippen LogP contribution in [0.4, 0.5) is 9.59 Å². The van der Waals surface area contributed by atoms with Crippen LogP contribution >= 0.6 is 0 Å². The van der Waals surface area contributed by atoms with Gasteiger partial charge in [-0.25, -0.2) is 0 Å². The summed E-state index contributed by atoms with van der Waals surface area (Å²) in [6.07, 6.45) is 7.31. The Morgan fingerprint density at radius 2 is 0.933 bits per heavy atom. The second kappa shape index (κ2) is 10.7. The molecule has 0 atom stereocenters. The van der Waals surface area contributed by atoms with E-state index in [1.807, 2.05) is 0 Å². The fourth-order valence-corrected chi connectivity index (χ4v) is 4.88. The summed E-state index contributed by atoms with van der Waals surface area (Å²) in [4.78, 5) is 32.7. The molecule has 0 amide bonds. The Kier molecular flexibility index (Phi) is 8.86. The fourth-order valence-electron chi connectivity index (χ4n) is 4.88. The smallest absolute Gasteiger partial charge is 0.428 e. The number of hydrogen-bond acceptors (Lipinski definition) is 6. The zero-order valence-electron chi connectivity index (χ0n) is 19.8. The molecule has 0 spiro atoms. The SMILES string of the molecule is CCC(C)(C)C1CCC(OC(=O)OOC(=O)OC2CCC(C(C)(C)CC)CC2)CC1. The Morgan fingerprint density at radius 3 is 1.20 bits per heavy atom. The lowest BCUT2D eigenvalue weighted by atomic mass is 9.69. The molecule has 0 saturated heterocycles. The van der Waals surface area contributed by atoms with E-state index in [4.69, 9.17) is 9.47 Å². The van der Waals surface area contributed by atoms with Crippen LogP contribution in [0.2, 0.25) is 0 Å². The van der Waals surface area contributed by atoms with Crippen molar-refractivity contribution in [1.82, 2.24) is 0 Å². The van der Waals surface area contributed by atoms with E-state index in [1.54, 1.807) is 0 Å². The van der Waals surface area contributed by atoms with E-state index in [0.717, 1.165) is 64.2 Å². The van der Waals surface area contributed by atoms with Crippen molar-refractivity contribution < 1.29 is 28.8 Å². The molecule has 2 saturated carbocycles. The second-order valence-corrected chi connectivity index (χ2v) is 10.5. The molecule has 174 valence electrons. The van der Waals surface area contributed by atoms with E-state index >= 15 is 0 Å². The molecule has 2 fully saturated rings. The normalized spacial score (nSPS) is 27.8. The molecule has 6 nitrogen and oxygen atoms in total. The Labute approximate surface area is 182 Å².